The highest BCUT2D eigenvalue weighted by Gasteiger charge is 2.10. The number of methoxy groups -OCH3 is 1. The van der Waals surface area contributed by atoms with Gasteiger partial charge < -0.3 is 19.8 Å². The molecule has 0 fully saturated rings. The normalized spacial score (nSPS) is 10.4. The molecule has 0 saturated carbocycles. The zero-order valence-corrected chi connectivity index (χ0v) is 15.4. The number of anilines is 1. The van der Waals surface area contributed by atoms with Crippen molar-refractivity contribution in [2.75, 3.05) is 19.0 Å². The fourth-order valence-electron chi connectivity index (χ4n) is 2.58. The van der Waals surface area contributed by atoms with E-state index in [2.05, 4.69) is 20.6 Å². The average molecular weight is 366 g/mol. The summed E-state index contributed by atoms with van der Waals surface area (Å²) >= 11 is 0. The highest BCUT2D eigenvalue weighted by atomic mass is 16.5. The molecule has 140 valence electrons. The van der Waals surface area contributed by atoms with Crippen molar-refractivity contribution in [3.8, 4) is 5.75 Å². The van der Waals surface area contributed by atoms with Crippen LogP contribution >= 0.6 is 0 Å². The summed E-state index contributed by atoms with van der Waals surface area (Å²) in [6, 6.07) is 13.1. The van der Waals surface area contributed by atoms with Gasteiger partial charge in [-0.2, -0.15) is 0 Å². The number of aryl methyl sites for hydroxylation is 1. The summed E-state index contributed by atoms with van der Waals surface area (Å²) in [6.45, 7) is 2.78. The Morgan fingerprint density at radius 3 is 2.85 bits per heavy atom. The molecule has 2 aromatic heterocycles. The molecule has 0 spiro atoms. The molecule has 0 radical (unpaired) electrons. The molecule has 0 saturated heterocycles. The molecule has 0 aliphatic carbocycles. The number of amides is 1. The average Bonchev–Trinajstić information content (AvgIpc) is 3.20. The number of ether oxygens (including phenoxy) is 1. The Balaban J connectivity index is 1.57. The minimum atomic E-state index is -0.232. The van der Waals surface area contributed by atoms with E-state index >= 15 is 0 Å². The van der Waals surface area contributed by atoms with Gasteiger partial charge in [0.2, 0.25) is 5.95 Å². The number of carbonyl (C=O) groups is 1. The standard InChI is InChI=1S/C20H22N4O3/c1-14-11-18(24-20(23-14)22-13-17-7-4-10-27-17)19(25)21-9-8-15-5-3-6-16(12-15)26-2/h3-7,10-12H,8-9,13H2,1-2H3,(H,21,25)(H,22,23,24). The van der Waals surface area contributed by atoms with Gasteiger partial charge >= 0.3 is 0 Å². The van der Waals surface area contributed by atoms with E-state index in [-0.39, 0.29) is 5.91 Å². The Morgan fingerprint density at radius 1 is 1.19 bits per heavy atom. The van der Waals surface area contributed by atoms with Gasteiger partial charge in [-0.15, -0.1) is 0 Å². The Labute approximate surface area is 157 Å². The molecule has 2 N–H and O–H groups in total. The predicted molar refractivity (Wildman–Crippen MR) is 102 cm³/mol. The highest BCUT2D eigenvalue weighted by molar-refractivity contribution is 5.92. The van der Waals surface area contributed by atoms with E-state index in [0.717, 1.165) is 17.1 Å². The lowest BCUT2D eigenvalue weighted by molar-refractivity contribution is 0.0949. The van der Waals surface area contributed by atoms with Gasteiger partial charge in [0, 0.05) is 12.2 Å². The molecule has 0 bridgehead atoms. The molecule has 7 nitrogen and oxygen atoms in total. The Hall–Kier alpha value is -3.35. The van der Waals surface area contributed by atoms with Crippen molar-refractivity contribution >= 4 is 11.9 Å². The van der Waals surface area contributed by atoms with Crippen LogP contribution in [0.15, 0.2) is 53.1 Å². The summed E-state index contributed by atoms with van der Waals surface area (Å²) < 4.78 is 10.5. The van der Waals surface area contributed by atoms with Crippen LogP contribution in [-0.2, 0) is 13.0 Å². The van der Waals surface area contributed by atoms with Crippen LogP contribution in [0.2, 0.25) is 0 Å². The van der Waals surface area contributed by atoms with Crippen molar-refractivity contribution in [1.82, 2.24) is 15.3 Å². The number of rotatable bonds is 8. The number of aromatic nitrogens is 2. The van der Waals surface area contributed by atoms with Crippen LogP contribution in [0.1, 0.15) is 27.5 Å². The number of benzene rings is 1. The van der Waals surface area contributed by atoms with Gasteiger partial charge in [-0.25, -0.2) is 9.97 Å². The third-order valence-corrected chi connectivity index (χ3v) is 3.92. The first-order chi connectivity index (χ1) is 13.1. The van der Waals surface area contributed by atoms with Gasteiger partial charge in [0.15, 0.2) is 0 Å². The predicted octanol–water partition coefficient (Wildman–Crippen LogP) is 2.97. The van der Waals surface area contributed by atoms with Crippen LogP contribution in [0.4, 0.5) is 5.95 Å². The van der Waals surface area contributed by atoms with Crippen molar-refractivity contribution in [1.29, 1.82) is 0 Å². The lowest BCUT2D eigenvalue weighted by Gasteiger charge is -2.09. The Bertz CT molecular complexity index is 894. The Kier molecular flexibility index (Phi) is 6.04. The SMILES string of the molecule is COc1cccc(CCNC(=O)c2cc(C)nc(NCc3ccco3)n2)c1. The van der Waals surface area contributed by atoms with Gasteiger partial charge in [-0.1, -0.05) is 12.1 Å². The van der Waals surface area contributed by atoms with E-state index in [4.69, 9.17) is 9.15 Å². The maximum atomic E-state index is 12.4. The molecule has 1 aromatic carbocycles. The van der Waals surface area contributed by atoms with Gasteiger partial charge in [-0.05, 0) is 49.2 Å². The fourth-order valence-corrected chi connectivity index (χ4v) is 2.58. The Morgan fingerprint density at radius 2 is 2.07 bits per heavy atom. The lowest BCUT2D eigenvalue weighted by Crippen LogP contribution is -2.27. The summed E-state index contributed by atoms with van der Waals surface area (Å²) in [5, 5.41) is 5.96. The monoisotopic (exact) mass is 366 g/mol. The zero-order valence-electron chi connectivity index (χ0n) is 15.4. The van der Waals surface area contributed by atoms with E-state index in [0.29, 0.717) is 36.8 Å². The number of nitrogens with one attached hydrogen (secondary N) is 2. The third-order valence-electron chi connectivity index (χ3n) is 3.92. The molecule has 27 heavy (non-hydrogen) atoms. The quantitative estimate of drug-likeness (QED) is 0.637. The molecule has 0 aliphatic heterocycles. The van der Waals surface area contributed by atoms with E-state index in [9.17, 15) is 4.79 Å². The van der Waals surface area contributed by atoms with Crippen LogP contribution in [0.25, 0.3) is 0 Å². The molecule has 3 rings (SSSR count). The van der Waals surface area contributed by atoms with Crippen LogP contribution in [-0.4, -0.2) is 29.5 Å². The lowest BCUT2D eigenvalue weighted by atomic mass is 10.1. The summed E-state index contributed by atoms with van der Waals surface area (Å²) in [5.74, 6) is 1.73. The van der Waals surface area contributed by atoms with Crippen molar-refractivity contribution in [2.45, 2.75) is 19.9 Å². The molecular weight excluding hydrogens is 344 g/mol. The second-order valence-corrected chi connectivity index (χ2v) is 6.01. The highest BCUT2D eigenvalue weighted by Crippen LogP contribution is 2.13. The van der Waals surface area contributed by atoms with Crippen LogP contribution in [0, 0.1) is 6.92 Å². The molecule has 0 atom stereocenters. The number of nitrogens with zero attached hydrogens (tertiary/aromatic N) is 2. The second-order valence-electron chi connectivity index (χ2n) is 6.01. The first kappa shape index (κ1) is 18.4. The summed E-state index contributed by atoms with van der Waals surface area (Å²) in [6.07, 6.45) is 2.31. The molecule has 3 aromatic rings. The van der Waals surface area contributed by atoms with Gasteiger partial charge in [0.25, 0.3) is 5.91 Å². The topological polar surface area (TPSA) is 89.3 Å². The summed E-state index contributed by atoms with van der Waals surface area (Å²) in [4.78, 5) is 21.0. The maximum Gasteiger partial charge on any atom is 0.270 e. The minimum absolute atomic E-state index is 0.232. The first-order valence-electron chi connectivity index (χ1n) is 8.67. The smallest absolute Gasteiger partial charge is 0.270 e. The van der Waals surface area contributed by atoms with Gasteiger partial charge in [-0.3, -0.25) is 4.79 Å². The van der Waals surface area contributed by atoms with Crippen LogP contribution in [0.5, 0.6) is 5.75 Å². The first-order valence-corrected chi connectivity index (χ1v) is 8.67. The van der Waals surface area contributed by atoms with Crippen LogP contribution in [0.3, 0.4) is 0 Å². The van der Waals surface area contributed by atoms with Gasteiger partial charge in [0.1, 0.15) is 17.2 Å². The number of furan rings is 1. The summed E-state index contributed by atoms with van der Waals surface area (Å²) in [5.41, 5.74) is 2.13. The molecule has 0 unspecified atom stereocenters. The van der Waals surface area contributed by atoms with E-state index in [1.807, 2.05) is 43.3 Å². The third kappa shape index (κ3) is 5.31. The molecular formula is C20H22N4O3. The summed E-state index contributed by atoms with van der Waals surface area (Å²) in [7, 11) is 1.63. The second kappa shape index (κ2) is 8.84. The minimum Gasteiger partial charge on any atom is -0.497 e. The molecule has 1 amide bonds. The largest absolute Gasteiger partial charge is 0.497 e. The van der Waals surface area contributed by atoms with E-state index in [1.54, 1.807) is 19.4 Å². The van der Waals surface area contributed by atoms with Gasteiger partial charge in [0.05, 0.1) is 19.9 Å². The van der Waals surface area contributed by atoms with Crippen molar-refractivity contribution in [2.24, 2.45) is 0 Å². The maximum absolute atomic E-state index is 12.4. The molecule has 7 heteroatoms. The van der Waals surface area contributed by atoms with Crippen LogP contribution < -0.4 is 15.4 Å². The van der Waals surface area contributed by atoms with Crippen molar-refractivity contribution < 1.29 is 13.9 Å². The fraction of sp³-hybridized carbons (Fsp3) is 0.250. The zero-order chi connectivity index (χ0) is 19.1. The number of carbonyl (C=O) groups excluding carboxylic acids is 1. The van der Waals surface area contributed by atoms with Crippen molar-refractivity contribution in [3.63, 3.8) is 0 Å². The molecule has 2 heterocycles. The number of hydrogen-bond donors (Lipinski definition) is 2. The van der Waals surface area contributed by atoms with E-state index in [1.165, 1.54) is 0 Å². The van der Waals surface area contributed by atoms with E-state index < -0.39 is 0 Å². The van der Waals surface area contributed by atoms with Crippen molar-refractivity contribution in [3.05, 3.63) is 71.4 Å². The number of hydrogen-bond acceptors (Lipinski definition) is 6. The molecule has 0 aliphatic rings.